The molecule has 1 aromatic carbocycles. The largest absolute Gasteiger partial charge is 0.357 e. The number of rotatable bonds is 8. The molecule has 166 valence electrons. The molecule has 1 fully saturated rings. The standard InChI is InChI=1S/C22H29N7S.HI/c1-2-23-22(24-15-19(20-11-8-14-30-20)28-12-6-7-13-28)25-16-21-27-26-17-29(21)18-9-4-3-5-10-18;/h3-5,8-11,14,17,19H,2,6-7,12-13,15-16H2,1H3,(H2,23,24,25);1H. The summed E-state index contributed by atoms with van der Waals surface area (Å²) in [6, 6.07) is 14.9. The quantitative estimate of drug-likeness (QED) is 0.253. The average molecular weight is 552 g/mol. The Kier molecular flexibility index (Phi) is 9.29. The van der Waals surface area contributed by atoms with Gasteiger partial charge in [0.25, 0.3) is 0 Å². The van der Waals surface area contributed by atoms with Gasteiger partial charge in [0.15, 0.2) is 11.8 Å². The Morgan fingerprint density at radius 1 is 1.13 bits per heavy atom. The molecule has 0 saturated carbocycles. The predicted molar refractivity (Wildman–Crippen MR) is 137 cm³/mol. The zero-order valence-corrected chi connectivity index (χ0v) is 20.9. The van der Waals surface area contributed by atoms with Gasteiger partial charge in [0.2, 0.25) is 0 Å². The fourth-order valence-electron chi connectivity index (χ4n) is 3.80. The van der Waals surface area contributed by atoms with Crippen LogP contribution in [0.5, 0.6) is 0 Å². The summed E-state index contributed by atoms with van der Waals surface area (Å²) in [5.41, 5.74) is 1.04. The van der Waals surface area contributed by atoms with Crippen molar-refractivity contribution in [2.45, 2.75) is 32.4 Å². The van der Waals surface area contributed by atoms with E-state index in [0.29, 0.717) is 12.6 Å². The van der Waals surface area contributed by atoms with Crippen LogP contribution in [0.25, 0.3) is 5.69 Å². The third-order valence-corrected chi connectivity index (χ3v) is 6.26. The van der Waals surface area contributed by atoms with Crippen LogP contribution in [0.3, 0.4) is 0 Å². The van der Waals surface area contributed by atoms with E-state index in [-0.39, 0.29) is 24.0 Å². The number of benzene rings is 1. The normalized spacial score (nSPS) is 15.5. The fraction of sp³-hybridized carbons (Fsp3) is 0.409. The van der Waals surface area contributed by atoms with Gasteiger partial charge in [-0.25, -0.2) is 4.99 Å². The van der Waals surface area contributed by atoms with Crippen LogP contribution in [0.1, 0.15) is 36.5 Å². The van der Waals surface area contributed by atoms with E-state index in [1.54, 1.807) is 6.33 Å². The molecule has 1 aliphatic heterocycles. The molecule has 3 aromatic rings. The SMILES string of the molecule is CCNC(=NCc1nncn1-c1ccccc1)NCC(c1cccs1)N1CCCC1.I. The molecule has 2 aromatic heterocycles. The second-order valence-corrected chi connectivity index (χ2v) is 8.28. The van der Waals surface area contributed by atoms with Crippen molar-refractivity contribution in [2.24, 2.45) is 4.99 Å². The van der Waals surface area contributed by atoms with Gasteiger partial charge in [0.1, 0.15) is 12.9 Å². The summed E-state index contributed by atoms with van der Waals surface area (Å²) in [5.74, 6) is 1.62. The maximum atomic E-state index is 4.78. The molecule has 0 spiro atoms. The van der Waals surface area contributed by atoms with Crippen LogP contribution >= 0.6 is 35.3 Å². The van der Waals surface area contributed by atoms with Gasteiger partial charge in [-0.15, -0.1) is 45.5 Å². The van der Waals surface area contributed by atoms with Gasteiger partial charge in [-0.1, -0.05) is 24.3 Å². The Morgan fingerprint density at radius 3 is 2.65 bits per heavy atom. The van der Waals surface area contributed by atoms with Crippen LogP contribution in [0.4, 0.5) is 0 Å². The summed E-state index contributed by atoms with van der Waals surface area (Å²) in [4.78, 5) is 8.76. The number of halogens is 1. The zero-order chi connectivity index (χ0) is 20.6. The third kappa shape index (κ3) is 6.27. The van der Waals surface area contributed by atoms with E-state index in [2.05, 4.69) is 50.2 Å². The summed E-state index contributed by atoms with van der Waals surface area (Å²) in [7, 11) is 0. The Hall–Kier alpha value is -1.98. The number of para-hydroxylation sites is 1. The lowest BCUT2D eigenvalue weighted by molar-refractivity contribution is 0.249. The van der Waals surface area contributed by atoms with Crippen molar-refractivity contribution in [1.29, 1.82) is 0 Å². The summed E-state index contributed by atoms with van der Waals surface area (Å²) in [5, 5.41) is 17.4. The first-order valence-electron chi connectivity index (χ1n) is 10.6. The highest BCUT2D eigenvalue weighted by atomic mass is 127. The van der Waals surface area contributed by atoms with Gasteiger partial charge in [-0.2, -0.15) is 0 Å². The van der Waals surface area contributed by atoms with Crippen LogP contribution in [0, 0.1) is 0 Å². The van der Waals surface area contributed by atoms with E-state index in [4.69, 9.17) is 4.99 Å². The average Bonchev–Trinajstić information content (AvgIpc) is 3.56. The molecule has 4 rings (SSSR count). The fourth-order valence-corrected chi connectivity index (χ4v) is 4.66. The molecule has 0 aliphatic carbocycles. The second kappa shape index (κ2) is 12.2. The third-order valence-electron chi connectivity index (χ3n) is 5.29. The first-order chi connectivity index (χ1) is 14.8. The molecule has 1 unspecified atom stereocenters. The molecule has 1 saturated heterocycles. The number of aromatic nitrogens is 3. The van der Waals surface area contributed by atoms with Crippen LogP contribution in [0.2, 0.25) is 0 Å². The summed E-state index contributed by atoms with van der Waals surface area (Å²) >= 11 is 1.83. The van der Waals surface area contributed by atoms with Crippen LogP contribution in [-0.2, 0) is 6.54 Å². The van der Waals surface area contributed by atoms with Crippen molar-refractivity contribution >= 4 is 41.3 Å². The molecule has 0 radical (unpaired) electrons. The number of guanidine groups is 1. The maximum absolute atomic E-state index is 4.78. The lowest BCUT2D eigenvalue weighted by atomic mass is 10.2. The smallest absolute Gasteiger partial charge is 0.191 e. The molecule has 2 N–H and O–H groups in total. The first kappa shape index (κ1) is 23.7. The number of likely N-dealkylation sites (tertiary alicyclic amines) is 1. The summed E-state index contributed by atoms with van der Waals surface area (Å²) in [6.07, 6.45) is 4.30. The number of hydrogen-bond acceptors (Lipinski definition) is 5. The van der Waals surface area contributed by atoms with Crippen LogP contribution in [0.15, 0.2) is 59.2 Å². The lowest BCUT2D eigenvalue weighted by Crippen LogP contribution is -2.42. The van der Waals surface area contributed by atoms with Gasteiger partial charge < -0.3 is 10.6 Å². The van der Waals surface area contributed by atoms with Gasteiger partial charge in [-0.3, -0.25) is 9.47 Å². The molecule has 31 heavy (non-hydrogen) atoms. The molecule has 1 aliphatic rings. The highest BCUT2D eigenvalue weighted by Crippen LogP contribution is 2.27. The van der Waals surface area contributed by atoms with Crippen molar-refractivity contribution in [3.05, 3.63) is 64.9 Å². The van der Waals surface area contributed by atoms with E-state index < -0.39 is 0 Å². The van der Waals surface area contributed by atoms with Gasteiger partial charge in [0, 0.05) is 23.7 Å². The van der Waals surface area contributed by atoms with Crippen molar-refractivity contribution in [3.8, 4) is 5.69 Å². The Labute approximate surface area is 205 Å². The molecular formula is C22H30IN7S. The topological polar surface area (TPSA) is 70.4 Å². The van der Waals surface area contributed by atoms with Gasteiger partial charge >= 0.3 is 0 Å². The van der Waals surface area contributed by atoms with E-state index in [1.165, 1.54) is 17.7 Å². The maximum Gasteiger partial charge on any atom is 0.191 e. The van der Waals surface area contributed by atoms with E-state index in [9.17, 15) is 0 Å². The van der Waals surface area contributed by atoms with Crippen molar-refractivity contribution < 1.29 is 0 Å². The Balaban J connectivity index is 0.00000272. The number of aliphatic imine (C=N–C) groups is 1. The van der Waals surface area contributed by atoms with E-state index >= 15 is 0 Å². The molecule has 0 bridgehead atoms. The minimum atomic E-state index is 0. The van der Waals surface area contributed by atoms with Gasteiger partial charge in [-0.05, 0) is 56.4 Å². The zero-order valence-electron chi connectivity index (χ0n) is 17.8. The lowest BCUT2D eigenvalue weighted by Gasteiger charge is -2.27. The van der Waals surface area contributed by atoms with E-state index in [1.807, 2.05) is 46.2 Å². The van der Waals surface area contributed by atoms with E-state index in [0.717, 1.165) is 43.7 Å². The highest BCUT2D eigenvalue weighted by Gasteiger charge is 2.24. The molecule has 9 heteroatoms. The van der Waals surface area contributed by atoms with Crippen LogP contribution in [-0.4, -0.2) is 51.8 Å². The predicted octanol–water partition coefficient (Wildman–Crippen LogP) is 3.84. The minimum absolute atomic E-state index is 0. The highest BCUT2D eigenvalue weighted by molar-refractivity contribution is 14.0. The number of hydrogen-bond donors (Lipinski definition) is 2. The van der Waals surface area contributed by atoms with Crippen molar-refractivity contribution in [3.63, 3.8) is 0 Å². The Bertz CT molecular complexity index is 921. The minimum Gasteiger partial charge on any atom is -0.357 e. The van der Waals surface area contributed by atoms with Crippen molar-refractivity contribution in [2.75, 3.05) is 26.2 Å². The molecule has 3 heterocycles. The number of thiophene rings is 1. The monoisotopic (exact) mass is 551 g/mol. The molecule has 1 atom stereocenters. The van der Waals surface area contributed by atoms with Gasteiger partial charge in [0.05, 0.1) is 6.04 Å². The van der Waals surface area contributed by atoms with Crippen molar-refractivity contribution in [1.82, 2.24) is 30.3 Å². The second-order valence-electron chi connectivity index (χ2n) is 7.30. The molecular weight excluding hydrogens is 521 g/mol. The first-order valence-corrected chi connectivity index (χ1v) is 11.5. The Morgan fingerprint density at radius 2 is 1.94 bits per heavy atom. The number of nitrogens with one attached hydrogen (secondary N) is 2. The molecule has 0 amide bonds. The van der Waals surface area contributed by atoms with Crippen LogP contribution < -0.4 is 10.6 Å². The summed E-state index contributed by atoms with van der Waals surface area (Å²) < 4.78 is 1.98. The number of nitrogens with zero attached hydrogens (tertiary/aromatic N) is 5. The molecule has 7 nitrogen and oxygen atoms in total. The summed E-state index contributed by atoms with van der Waals surface area (Å²) in [6.45, 7) is 6.51.